The molecule has 144 valence electrons. The number of methoxy groups -OCH3 is 1. The minimum Gasteiger partial charge on any atom is -0.491 e. The van der Waals surface area contributed by atoms with Gasteiger partial charge in [-0.2, -0.15) is 0 Å². The first-order valence-electron chi connectivity index (χ1n) is 8.71. The number of rotatable bonds is 9. The van der Waals surface area contributed by atoms with Crippen molar-refractivity contribution in [1.29, 1.82) is 0 Å². The van der Waals surface area contributed by atoms with E-state index in [1.165, 1.54) is 13.2 Å². The van der Waals surface area contributed by atoms with E-state index in [9.17, 15) is 9.90 Å². The number of carbonyl (C=O) groups excluding carboxylic acids is 1. The molecule has 27 heavy (non-hydrogen) atoms. The zero-order valence-electron chi connectivity index (χ0n) is 15.5. The minimum absolute atomic E-state index is 0.102. The van der Waals surface area contributed by atoms with Gasteiger partial charge in [0.05, 0.1) is 25.3 Å². The maximum Gasteiger partial charge on any atom is 0.246 e. The van der Waals surface area contributed by atoms with Gasteiger partial charge < -0.3 is 19.5 Å². The number of amides is 1. The van der Waals surface area contributed by atoms with Crippen LogP contribution in [0.15, 0.2) is 48.5 Å². The lowest BCUT2D eigenvalue weighted by Gasteiger charge is -2.20. The highest BCUT2D eigenvalue weighted by Gasteiger charge is 2.13. The third kappa shape index (κ3) is 6.01. The lowest BCUT2D eigenvalue weighted by atomic mass is 10.1. The predicted octanol–water partition coefficient (Wildman–Crippen LogP) is 3.78. The van der Waals surface area contributed by atoms with Crippen molar-refractivity contribution in [3.8, 4) is 11.5 Å². The number of carbonyl (C=O) groups is 1. The Labute approximate surface area is 164 Å². The zero-order chi connectivity index (χ0) is 19.6. The standard InChI is InChI=1S/C21H24ClNO4/c1-3-27-19-14-17(13-18(22)21(19)26-2)9-10-20(25)23(11-12-24)15-16-7-5-4-6-8-16/h4-10,13-14,24H,3,11-12,15H2,1-2H3/b10-9+. The summed E-state index contributed by atoms with van der Waals surface area (Å²) in [5.41, 5.74) is 1.72. The number of aliphatic hydroxyl groups is 1. The van der Waals surface area contributed by atoms with Gasteiger partial charge in [0.25, 0.3) is 0 Å². The minimum atomic E-state index is -0.196. The number of hydrogen-bond acceptors (Lipinski definition) is 4. The summed E-state index contributed by atoms with van der Waals surface area (Å²) in [5, 5.41) is 9.68. The van der Waals surface area contributed by atoms with Crippen LogP contribution in [0.5, 0.6) is 11.5 Å². The molecule has 2 aromatic rings. The molecule has 0 aliphatic rings. The van der Waals surface area contributed by atoms with Crippen molar-refractivity contribution < 1.29 is 19.4 Å². The summed E-state index contributed by atoms with van der Waals surface area (Å²) in [6.07, 6.45) is 3.14. The van der Waals surface area contributed by atoms with E-state index in [0.717, 1.165) is 11.1 Å². The molecule has 0 aromatic heterocycles. The Hall–Kier alpha value is -2.50. The highest BCUT2D eigenvalue weighted by atomic mass is 35.5. The first-order valence-corrected chi connectivity index (χ1v) is 9.09. The highest BCUT2D eigenvalue weighted by Crippen LogP contribution is 2.36. The van der Waals surface area contributed by atoms with Crippen LogP contribution < -0.4 is 9.47 Å². The van der Waals surface area contributed by atoms with E-state index in [0.29, 0.717) is 29.7 Å². The zero-order valence-corrected chi connectivity index (χ0v) is 16.3. The number of benzene rings is 2. The molecule has 5 nitrogen and oxygen atoms in total. The summed E-state index contributed by atoms with van der Waals surface area (Å²) in [5.74, 6) is 0.793. The fraction of sp³-hybridized carbons (Fsp3) is 0.286. The molecule has 0 bridgehead atoms. The van der Waals surface area contributed by atoms with Gasteiger partial charge in [0, 0.05) is 19.2 Å². The topological polar surface area (TPSA) is 59.0 Å². The van der Waals surface area contributed by atoms with Crippen LogP contribution in [0.1, 0.15) is 18.1 Å². The Morgan fingerprint density at radius 2 is 2.00 bits per heavy atom. The molecule has 0 radical (unpaired) electrons. The molecule has 0 aliphatic heterocycles. The summed E-state index contributed by atoms with van der Waals surface area (Å²) in [6.45, 7) is 2.93. The van der Waals surface area contributed by atoms with E-state index in [-0.39, 0.29) is 19.1 Å². The fourth-order valence-corrected chi connectivity index (χ4v) is 2.91. The quantitative estimate of drug-likeness (QED) is 0.663. The monoisotopic (exact) mass is 389 g/mol. The van der Waals surface area contributed by atoms with Gasteiger partial charge in [0.15, 0.2) is 11.5 Å². The maximum atomic E-state index is 12.6. The van der Waals surface area contributed by atoms with Gasteiger partial charge in [-0.05, 0) is 36.3 Å². The summed E-state index contributed by atoms with van der Waals surface area (Å²) in [4.78, 5) is 14.2. The number of nitrogens with zero attached hydrogens (tertiary/aromatic N) is 1. The van der Waals surface area contributed by atoms with Crippen LogP contribution in [0.2, 0.25) is 5.02 Å². The smallest absolute Gasteiger partial charge is 0.246 e. The lowest BCUT2D eigenvalue weighted by Crippen LogP contribution is -2.31. The SMILES string of the molecule is CCOc1cc(/C=C/C(=O)N(CCO)Cc2ccccc2)cc(Cl)c1OC. The van der Waals surface area contributed by atoms with E-state index in [4.69, 9.17) is 21.1 Å². The molecule has 2 aromatic carbocycles. The Kier molecular flexibility index (Phi) is 8.17. The van der Waals surface area contributed by atoms with Crippen LogP contribution in [-0.4, -0.2) is 42.8 Å². The van der Waals surface area contributed by atoms with Gasteiger partial charge in [0.2, 0.25) is 5.91 Å². The summed E-state index contributed by atoms with van der Waals surface area (Å²) >= 11 is 6.24. The van der Waals surface area contributed by atoms with Crippen LogP contribution in [0.4, 0.5) is 0 Å². The number of halogens is 1. The molecule has 0 saturated carbocycles. The van der Waals surface area contributed by atoms with E-state index in [1.54, 1.807) is 23.1 Å². The molecule has 0 unspecified atom stereocenters. The van der Waals surface area contributed by atoms with Crippen molar-refractivity contribution in [2.45, 2.75) is 13.5 Å². The Balaban J connectivity index is 2.17. The summed E-state index contributed by atoms with van der Waals surface area (Å²) in [6, 6.07) is 13.1. The van der Waals surface area contributed by atoms with E-state index in [2.05, 4.69) is 0 Å². The van der Waals surface area contributed by atoms with Crippen molar-refractivity contribution in [3.63, 3.8) is 0 Å². The van der Waals surface area contributed by atoms with Gasteiger partial charge in [-0.25, -0.2) is 0 Å². The average Bonchev–Trinajstić information content (AvgIpc) is 2.67. The number of ether oxygens (including phenoxy) is 2. The normalized spacial score (nSPS) is 10.8. The third-order valence-electron chi connectivity index (χ3n) is 3.85. The second-order valence-electron chi connectivity index (χ2n) is 5.77. The maximum absolute atomic E-state index is 12.6. The predicted molar refractivity (Wildman–Crippen MR) is 107 cm³/mol. The molecular formula is C21H24ClNO4. The number of hydrogen-bond donors (Lipinski definition) is 1. The van der Waals surface area contributed by atoms with Crippen LogP contribution in [0, 0.1) is 0 Å². The number of aliphatic hydroxyl groups excluding tert-OH is 1. The van der Waals surface area contributed by atoms with E-state index in [1.807, 2.05) is 37.3 Å². The van der Waals surface area contributed by atoms with E-state index < -0.39 is 0 Å². The highest BCUT2D eigenvalue weighted by molar-refractivity contribution is 6.32. The molecule has 0 spiro atoms. The molecule has 0 aliphatic carbocycles. The van der Waals surface area contributed by atoms with Gasteiger partial charge in [-0.15, -0.1) is 0 Å². The molecule has 1 amide bonds. The van der Waals surface area contributed by atoms with Gasteiger partial charge in [-0.3, -0.25) is 4.79 Å². The fourth-order valence-electron chi connectivity index (χ4n) is 2.61. The van der Waals surface area contributed by atoms with Crippen LogP contribution in [0.3, 0.4) is 0 Å². The average molecular weight is 390 g/mol. The van der Waals surface area contributed by atoms with Crippen molar-refractivity contribution in [1.82, 2.24) is 4.90 Å². The molecule has 1 N–H and O–H groups in total. The molecule has 0 heterocycles. The van der Waals surface area contributed by atoms with Gasteiger partial charge in [-0.1, -0.05) is 41.9 Å². The molecule has 0 saturated heterocycles. The van der Waals surface area contributed by atoms with E-state index >= 15 is 0 Å². The van der Waals surface area contributed by atoms with Crippen molar-refractivity contribution in [3.05, 3.63) is 64.7 Å². The van der Waals surface area contributed by atoms with Crippen molar-refractivity contribution in [2.75, 3.05) is 26.9 Å². The van der Waals surface area contributed by atoms with Crippen molar-refractivity contribution in [2.24, 2.45) is 0 Å². The largest absolute Gasteiger partial charge is 0.491 e. The third-order valence-corrected chi connectivity index (χ3v) is 4.13. The van der Waals surface area contributed by atoms with Crippen LogP contribution in [0.25, 0.3) is 6.08 Å². The second-order valence-corrected chi connectivity index (χ2v) is 6.18. The van der Waals surface area contributed by atoms with Gasteiger partial charge in [0.1, 0.15) is 0 Å². The Bertz CT molecular complexity index is 777. The molecule has 6 heteroatoms. The Morgan fingerprint density at radius 3 is 2.63 bits per heavy atom. The summed E-state index contributed by atoms with van der Waals surface area (Å²) < 4.78 is 10.8. The summed E-state index contributed by atoms with van der Waals surface area (Å²) in [7, 11) is 1.53. The van der Waals surface area contributed by atoms with Crippen molar-refractivity contribution >= 4 is 23.6 Å². The molecule has 2 rings (SSSR count). The molecule has 0 atom stereocenters. The molecule has 0 fully saturated rings. The Morgan fingerprint density at radius 1 is 1.26 bits per heavy atom. The second kappa shape index (κ2) is 10.6. The van der Waals surface area contributed by atoms with Crippen LogP contribution in [-0.2, 0) is 11.3 Å². The van der Waals surface area contributed by atoms with Gasteiger partial charge >= 0.3 is 0 Å². The first kappa shape index (κ1) is 20.8. The van der Waals surface area contributed by atoms with Crippen LogP contribution >= 0.6 is 11.6 Å². The molecular weight excluding hydrogens is 366 g/mol. The lowest BCUT2D eigenvalue weighted by molar-refractivity contribution is -0.127. The first-order chi connectivity index (χ1) is 13.1.